The molecule has 0 unspecified atom stereocenters. The highest BCUT2D eigenvalue weighted by Gasteiger charge is 2.09. The number of nitrogens with two attached hydrogens (primary N) is 2. The second kappa shape index (κ2) is 8.28. The highest BCUT2D eigenvalue weighted by Crippen LogP contribution is 2.16. The number of carbonyl (C=O) groups is 4. The number of carbonyl (C=O) groups excluding carboxylic acids is 4. The van der Waals surface area contributed by atoms with Gasteiger partial charge in [0, 0.05) is 34.7 Å². The molecule has 0 heterocycles. The van der Waals surface area contributed by atoms with Crippen molar-refractivity contribution in [2.45, 2.75) is 13.8 Å². The number of hydrogen-bond acceptors (Lipinski definition) is 4. The van der Waals surface area contributed by atoms with Crippen LogP contribution in [0.15, 0.2) is 47.6 Å². The van der Waals surface area contributed by atoms with E-state index >= 15 is 0 Å². The van der Waals surface area contributed by atoms with Gasteiger partial charge in [-0.05, 0) is 32.0 Å². The van der Waals surface area contributed by atoms with Crippen LogP contribution >= 0.6 is 0 Å². The maximum absolute atomic E-state index is 11.9. The lowest BCUT2D eigenvalue weighted by Gasteiger charge is -2.09. The van der Waals surface area contributed by atoms with Crippen molar-refractivity contribution in [2.24, 2.45) is 11.5 Å². The van der Waals surface area contributed by atoms with Crippen molar-refractivity contribution in [2.75, 3.05) is 10.6 Å². The highest BCUT2D eigenvalue weighted by atomic mass is 16.2. The normalized spacial score (nSPS) is 11.6. The van der Waals surface area contributed by atoms with Crippen LogP contribution in [0.1, 0.15) is 13.8 Å². The summed E-state index contributed by atoms with van der Waals surface area (Å²) in [5.74, 6) is -2.44. The number of nitrogens with one attached hydrogen (secondary N) is 2. The van der Waals surface area contributed by atoms with Gasteiger partial charge in [0.2, 0.25) is 11.8 Å². The highest BCUT2D eigenvalue weighted by molar-refractivity contribution is 6.08. The quantitative estimate of drug-likeness (QED) is 0.560. The van der Waals surface area contributed by atoms with Gasteiger partial charge in [0.1, 0.15) is 0 Å². The minimum absolute atomic E-state index is 0.150. The maximum Gasteiger partial charge on any atom is 0.251 e. The zero-order valence-corrected chi connectivity index (χ0v) is 13.3. The molecule has 0 radical (unpaired) electrons. The van der Waals surface area contributed by atoms with E-state index < -0.39 is 23.6 Å². The first-order valence-electron chi connectivity index (χ1n) is 6.87. The van der Waals surface area contributed by atoms with Crippen LogP contribution in [0.25, 0.3) is 0 Å². The van der Waals surface area contributed by atoms with Gasteiger partial charge >= 0.3 is 0 Å². The third-order valence-electron chi connectivity index (χ3n) is 2.81. The van der Waals surface area contributed by atoms with Gasteiger partial charge in [-0.3, -0.25) is 19.2 Å². The summed E-state index contributed by atoms with van der Waals surface area (Å²) in [7, 11) is 0. The number of primary amides is 2. The molecular weight excluding hydrogens is 312 g/mol. The topological polar surface area (TPSA) is 144 Å². The Balaban J connectivity index is 2.84. The third-order valence-corrected chi connectivity index (χ3v) is 2.81. The average Bonchev–Trinajstić information content (AvgIpc) is 2.46. The van der Waals surface area contributed by atoms with E-state index in [1.807, 2.05) is 0 Å². The Morgan fingerprint density at radius 1 is 0.833 bits per heavy atom. The van der Waals surface area contributed by atoms with Crippen LogP contribution in [-0.2, 0) is 19.2 Å². The lowest BCUT2D eigenvalue weighted by molar-refractivity contribution is -0.115. The van der Waals surface area contributed by atoms with Crippen molar-refractivity contribution >= 4 is 35.0 Å². The van der Waals surface area contributed by atoms with Crippen molar-refractivity contribution in [3.05, 3.63) is 47.6 Å². The SMILES string of the molecule is C/C(=C/C(N)=O)C(=O)Nc1cccc(NC(=O)/C(C)=C\C(N)=O)c1. The molecule has 0 atom stereocenters. The van der Waals surface area contributed by atoms with Gasteiger partial charge in [0.25, 0.3) is 11.8 Å². The summed E-state index contributed by atoms with van der Waals surface area (Å²) < 4.78 is 0. The molecule has 1 rings (SSSR count). The van der Waals surface area contributed by atoms with E-state index in [1.54, 1.807) is 18.2 Å². The number of amides is 4. The predicted molar refractivity (Wildman–Crippen MR) is 89.6 cm³/mol. The number of benzene rings is 1. The zero-order chi connectivity index (χ0) is 18.3. The first-order chi connectivity index (χ1) is 11.2. The maximum atomic E-state index is 11.9. The molecule has 1 aromatic rings. The van der Waals surface area contributed by atoms with E-state index in [0.29, 0.717) is 11.4 Å². The van der Waals surface area contributed by atoms with Gasteiger partial charge in [0.15, 0.2) is 0 Å². The van der Waals surface area contributed by atoms with Gasteiger partial charge in [-0.25, -0.2) is 0 Å². The van der Waals surface area contributed by atoms with Crippen LogP contribution < -0.4 is 22.1 Å². The van der Waals surface area contributed by atoms with Crippen LogP contribution in [-0.4, -0.2) is 23.6 Å². The van der Waals surface area contributed by atoms with E-state index in [2.05, 4.69) is 10.6 Å². The van der Waals surface area contributed by atoms with Crippen molar-refractivity contribution in [1.82, 2.24) is 0 Å². The predicted octanol–water partition coefficient (Wildman–Crippen LogP) is 0.427. The molecular formula is C16H18N4O4. The van der Waals surface area contributed by atoms with Crippen LogP contribution in [0.5, 0.6) is 0 Å². The summed E-state index contributed by atoms with van der Waals surface area (Å²) in [5, 5.41) is 5.13. The number of rotatable bonds is 6. The summed E-state index contributed by atoms with van der Waals surface area (Å²) in [5.41, 5.74) is 11.1. The van der Waals surface area contributed by atoms with Crippen molar-refractivity contribution < 1.29 is 19.2 Å². The van der Waals surface area contributed by atoms with E-state index in [9.17, 15) is 19.2 Å². The summed E-state index contributed by atoms with van der Waals surface area (Å²) in [6.07, 6.45) is 2.03. The first kappa shape index (κ1) is 18.6. The van der Waals surface area contributed by atoms with Crippen LogP contribution in [0, 0.1) is 0 Å². The van der Waals surface area contributed by atoms with Crippen LogP contribution in [0.4, 0.5) is 11.4 Å². The molecule has 0 spiro atoms. The largest absolute Gasteiger partial charge is 0.366 e. The smallest absolute Gasteiger partial charge is 0.251 e. The Hall–Kier alpha value is -3.42. The average molecular weight is 330 g/mol. The fraction of sp³-hybridized carbons (Fsp3) is 0.125. The van der Waals surface area contributed by atoms with Gasteiger partial charge in [-0.2, -0.15) is 0 Å². The number of hydrogen-bond donors (Lipinski definition) is 4. The van der Waals surface area contributed by atoms with Crippen molar-refractivity contribution in [3.8, 4) is 0 Å². The lowest BCUT2D eigenvalue weighted by atomic mass is 10.2. The molecule has 0 saturated carbocycles. The minimum atomic E-state index is -0.722. The van der Waals surface area contributed by atoms with Gasteiger partial charge in [0.05, 0.1) is 0 Å². The van der Waals surface area contributed by atoms with Crippen molar-refractivity contribution in [1.29, 1.82) is 0 Å². The zero-order valence-electron chi connectivity index (χ0n) is 13.3. The van der Waals surface area contributed by atoms with Crippen LogP contribution in [0.3, 0.4) is 0 Å². The molecule has 0 aliphatic heterocycles. The second-order valence-corrected chi connectivity index (χ2v) is 4.95. The lowest BCUT2D eigenvalue weighted by Crippen LogP contribution is -2.17. The van der Waals surface area contributed by atoms with Gasteiger partial charge in [-0.15, -0.1) is 0 Å². The Kier molecular flexibility index (Phi) is 6.42. The molecule has 0 aliphatic rings. The first-order valence-corrected chi connectivity index (χ1v) is 6.87. The van der Waals surface area contributed by atoms with E-state index in [0.717, 1.165) is 12.2 Å². The fourth-order valence-electron chi connectivity index (χ4n) is 1.69. The Morgan fingerprint density at radius 3 is 1.54 bits per heavy atom. The molecule has 8 heteroatoms. The molecule has 0 saturated heterocycles. The molecule has 24 heavy (non-hydrogen) atoms. The Bertz CT molecular complexity index is 691. The van der Waals surface area contributed by atoms with E-state index in [4.69, 9.17) is 11.5 Å². The summed E-state index contributed by atoms with van der Waals surface area (Å²) in [4.78, 5) is 45.3. The van der Waals surface area contributed by atoms with Crippen molar-refractivity contribution in [3.63, 3.8) is 0 Å². The molecule has 4 amide bonds. The number of anilines is 2. The Labute approximate surface area is 138 Å². The molecule has 0 fully saturated rings. The van der Waals surface area contributed by atoms with Gasteiger partial charge < -0.3 is 22.1 Å². The van der Waals surface area contributed by atoms with E-state index in [1.165, 1.54) is 19.9 Å². The fourth-order valence-corrected chi connectivity index (χ4v) is 1.69. The third kappa shape index (κ3) is 6.14. The molecule has 6 N–H and O–H groups in total. The Morgan fingerprint density at radius 2 is 1.21 bits per heavy atom. The van der Waals surface area contributed by atoms with E-state index in [-0.39, 0.29) is 11.1 Å². The molecule has 0 aromatic heterocycles. The molecule has 126 valence electrons. The molecule has 8 nitrogen and oxygen atoms in total. The minimum Gasteiger partial charge on any atom is -0.366 e. The van der Waals surface area contributed by atoms with Gasteiger partial charge in [-0.1, -0.05) is 6.07 Å². The molecule has 1 aromatic carbocycles. The molecule has 0 bridgehead atoms. The van der Waals surface area contributed by atoms with Crippen LogP contribution in [0.2, 0.25) is 0 Å². The standard InChI is InChI=1S/C16H18N4O4/c1-9(6-13(17)21)15(23)19-11-4-3-5-12(8-11)20-16(24)10(2)7-14(18)22/h3-8H,1-2H3,(H2,17,21)(H2,18,22)(H,19,23)(H,20,24)/b9-6-,10-7-. The molecule has 0 aliphatic carbocycles. The monoisotopic (exact) mass is 330 g/mol. The summed E-state index contributed by atoms with van der Waals surface area (Å²) in [6, 6.07) is 6.35. The summed E-state index contributed by atoms with van der Waals surface area (Å²) in [6.45, 7) is 2.90. The summed E-state index contributed by atoms with van der Waals surface area (Å²) >= 11 is 0. The second-order valence-electron chi connectivity index (χ2n) is 4.95.